The zero-order chi connectivity index (χ0) is 8.23. The third-order valence-corrected chi connectivity index (χ3v) is 3.67. The molecule has 0 radical (unpaired) electrons. The van der Waals surface area contributed by atoms with E-state index < -0.39 is 0 Å². The summed E-state index contributed by atoms with van der Waals surface area (Å²) < 4.78 is 0. The highest BCUT2D eigenvalue weighted by atomic mass is 32.2. The second kappa shape index (κ2) is 3.96. The van der Waals surface area contributed by atoms with Gasteiger partial charge < -0.3 is 0 Å². The van der Waals surface area contributed by atoms with Crippen LogP contribution in [0.1, 0.15) is 0 Å². The van der Waals surface area contributed by atoms with Gasteiger partial charge in [0.25, 0.3) is 0 Å². The van der Waals surface area contributed by atoms with Crippen molar-refractivity contribution in [2.24, 2.45) is 9.98 Å². The van der Waals surface area contributed by atoms with Gasteiger partial charge in [-0.15, -0.1) is 23.5 Å². The van der Waals surface area contributed by atoms with Crippen LogP contribution >= 0.6 is 23.5 Å². The highest BCUT2D eigenvalue weighted by Gasteiger charge is 2.19. The van der Waals surface area contributed by atoms with Crippen LogP contribution in [0.25, 0.3) is 0 Å². The minimum Gasteiger partial charge on any atom is -0.277 e. The highest BCUT2D eigenvalue weighted by molar-refractivity contribution is 8.07. The first-order valence-electron chi connectivity index (χ1n) is 3.64. The predicted octanol–water partition coefficient (Wildman–Crippen LogP) is 2.30. The Morgan fingerprint density at radius 3 is 2.83 bits per heavy atom. The van der Waals surface area contributed by atoms with E-state index in [2.05, 4.69) is 15.4 Å². The van der Waals surface area contributed by atoms with E-state index in [0.29, 0.717) is 10.6 Å². The van der Waals surface area contributed by atoms with Gasteiger partial charge in [0.1, 0.15) is 5.37 Å². The van der Waals surface area contributed by atoms with Crippen LogP contribution in [0.3, 0.4) is 0 Å². The SMILES string of the molecule is C1=CSC(C2C=NC=CS2)N=C1. The fourth-order valence-electron chi connectivity index (χ4n) is 0.964. The van der Waals surface area contributed by atoms with Crippen LogP contribution in [0.15, 0.2) is 33.1 Å². The molecule has 0 bridgehead atoms. The lowest BCUT2D eigenvalue weighted by Crippen LogP contribution is -2.20. The standard InChI is InChI=1S/C8H8N2S2/c1-2-10-8(12-4-1)7-6-9-3-5-11-7/h1-8H. The third-order valence-electron chi connectivity index (χ3n) is 1.51. The van der Waals surface area contributed by atoms with Gasteiger partial charge in [0.05, 0.1) is 5.25 Å². The lowest BCUT2D eigenvalue weighted by Gasteiger charge is -2.19. The van der Waals surface area contributed by atoms with Gasteiger partial charge >= 0.3 is 0 Å². The first-order valence-corrected chi connectivity index (χ1v) is 5.53. The van der Waals surface area contributed by atoms with Gasteiger partial charge in [0.15, 0.2) is 0 Å². The molecule has 0 aromatic carbocycles. The average Bonchev–Trinajstić information content (AvgIpc) is 2.21. The Morgan fingerprint density at radius 2 is 2.17 bits per heavy atom. The molecule has 0 saturated heterocycles. The smallest absolute Gasteiger partial charge is 0.116 e. The summed E-state index contributed by atoms with van der Waals surface area (Å²) in [4.78, 5) is 8.45. The fraction of sp³-hybridized carbons (Fsp3) is 0.250. The Bertz CT molecular complexity index is 240. The second-order valence-electron chi connectivity index (χ2n) is 2.34. The number of rotatable bonds is 1. The van der Waals surface area contributed by atoms with Crippen LogP contribution < -0.4 is 0 Å². The van der Waals surface area contributed by atoms with Crippen LogP contribution in [0, 0.1) is 0 Å². The first-order chi connectivity index (χ1) is 5.97. The quantitative estimate of drug-likeness (QED) is 0.643. The molecule has 2 nitrogen and oxygen atoms in total. The number of allylic oxidation sites excluding steroid dienone is 1. The van der Waals surface area contributed by atoms with Gasteiger partial charge in [-0.1, -0.05) is 0 Å². The molecule has 2 aliphatic rings. The molecule has 0 aromatic heterocycles. The van der Waals surface area contributed by atoms with Crippen LogP contribution in [0.4, 0.5) is 0 Å². The van der Waals surface area contributed by atoms with Crippen molar-refractivity contribution >= 4 is 36.0 Å². The number of hydrogen-bond donors (Lipinski definition) is 0. The Balaban J connectivity index is 2.01. The molecule has 0 aromatic rings. The Kier molecular flexibility index (Phi) is 2.68. The molecule has 62 valence electrons. The van der Waals surface area contributed by atoms with E-state index in [1.807, 2.05) is 30.1 Å². The van der Waals surface area contributed by atoms with Crippen molar-refractivity contribution in [1.29, 1.82) is 0 Å². The van der Waals surface area contributed by atoms with E-state index in [4.69, 9.17) is 0 Å². The average molecular weight is 196 g/mol. The van der Waals surface area contributed by atoms with Crippen molar-refractivity contribution in [2.45, 2.75) is 10.6 Å². The summed E-state index contributed by atoms with van der Waals surface area (Å²) >= 11 is 3.52. The number of nitrogens with zero attached hydrogens (tertiary/aromatic N) is 2. The van der Waals surface area contributed by atoms with Gasteiger partial charge in [0.2, 0.25) is 0 Å². The van der Waals surface area contributed by atoms with Crippen molar-refractivity contribution in [3.05, 3.63) is 23.1 Å². The fourth-order valence-corrected chi connectivity index (χ4v) is 2.70. The topological polar surface area (TPSA) is 24.7 Å². The lowest BCUT2D eigenvalue weighted by atomic mass is 10.4. The van der Waals surface area contributed by atoms with Crippen LogP contribution in [-0.2, 0) is 0 Å². The maximum absolute atomic E-state index is 4.36. The van der Waals surface area contributed by atoms with E-state index in [9.17, 15) is 0 Å². The molecule has 2 unspecified atom stereocenters. The van der Waals surface area contributed by atoms with E-state index in [0.717, 1.165) is 0 Å². The van der Waals surface area contributed by atoms with E-state index >= 15 is 0 Å². The normalized spacial score (nSPS) is 32.7. The van der Waals surface area contributed by atoms with Crippen LogP contribution in [0.2, 0.25) is 0 Å². The minimum absolute atomic E-state index is 0.300. The molecule has 0 amide bonds. The summed E-state index contributed by atoms with van der Waals surface area (Å²) in [5.41, 5.74) is 0. The molecular weight excluding hydrogens is 188 g/mol. The van der Waals surface area contributed by atoms with Crippen LogP contribution in [-0.4, -0.2) is 23.1 Å². The van der Waals surface area contributed by atoms with Crippen molar-refractivity contribution in [1.82, 2.24) is 0 Å². The molecule has 0 saturated carbocycles. The van der Waals surface area contributed by atoms with Gasteiger partial charge in [-0.05, 0) is 16.9 Å². The molecule has 12 heavy (non-hydrogen) atoms. The van der Waals surface area contributed by atoms with E-state index in [1.54, 1.807) is 23.5 Å². The predicted molar refractivity (Wildman–Crippen MR) is 58.0 cm³/mol. The van der Waals surface area contributed by atoms with Crippen molar-refractivity contribution in [2.75, 3.05) is 0 Å². The monoisotopic (exact) mass is 196 g/mol. The number of hydrogen-bond acceptors (Lipinski definition) is 4. The highest BCUT2D eigenvalue weighted by Crippen LogP contribution is 2.29. The van der Waals surface area contributed by atoms with Gasteiger partial charge in [-0.2, -0.15) is 0 Å². The Hall–Kier alpha value is -0.480. The maximum Gasteiger partial charge on any atom is 0.116 e. The summed E-state index contributed by atoms with van der Waals surface area (Å²) in [6, 6.07) is 0. The summed E-state index contributed by atoms with van der Waals surface area (Å²) in [5.74, 6) is 0. The molecule has 2 aliphatic heterocycles. The molecule has 2 heterocycles. The first kappa shape index (κ1) is 8.13. The molecule has 0 aliphatic carbocycles. The van der Waals surface area contributed by atoms with Gasteiger partial charge in [0, 0.05) is 18.6 Å². The molecule has 0 N–H and O–H groups in total. The number of thioether (sulfide) groups is 2. The molecule has 2 atom stereocenters. The van der Waals surface area contributed by atoms with E-state index in [1.165, 1.54) is 0 Å². The molecule has 2 rings (SSSR count). The Labute approximate surface area is 79.9 Å². The third kappa shape index (κ3) is 1.81. The van der Waals surface area contributed by atoms with Crippen molar-refractivity contribution in [3.63, 3.8) is 0 Å². The molecular formula is C8H8N2S2. The van der Waals surface area contributed by atoms with Crippen molar-refractivity contribution < 1.29 is 0 Å². The summed E-state index contributed by atoms with van der Waals surface area (Å²) in [7, 11) is 0. The van der Waals surface area contributed by atoms with Crippen LogP contribution in [0.5, 0.6) is 0 Å². The zero-order valence-electron chi connectivity index (χ0n) is 6.33. The Morgan fingerprint density at radius 1 is 1.17 bits per heavy atom. The van der Waals surface area contributed by atoms with Gasteiger partial charge in [-0.25, -0.2) is 0 Å². The van der Waals surface area contributed by atoms with E-state index in [-0.39, 0.29) is 0 Å². The minimum atomic E-state index is 0.300. The lowest BCUT2D eigenvalue weighted by molar-refractivity contribution is 1.00. The largest absolute Gasteiger partial charge is 0.277 e. The maximum atomic E-state index is 4.36. The zero-order valence-corrected chi connectivity index (χ0v) is 7.96. The summed E-state index contributed by atoms with van der Waals surface area (Å²) in [6.07, 6.45) is 7.59. The van der Waals surface area contributed by atoms with Crippen molar-refractivity contribution in [3.8, 4) is 0 Å². The summed E-state index contributed by atoms with van der Waals surface area (Å²) in [5, 5.41) is 4.78. The molecule has 0 fully saturated rings. The second-order valence-corrected chi connectivity index (χ2v) is 4.45. The van der Waals surface area contributed by atoms with Gasteiger partial charge in [-0.3, -0.25) is 9.98 Å². The number of aliphatic imine (C=N–C) groups is 2. The molecule has 0 spiro atoms. The summed E-state index contributed by atoms with van der Waals surface area (Å²) in [6.45, 7) is 0. The molecule has 4 heteroatoms.